The summed E-state index contributed by atoms with van der Waals surface area (Å²) in [5.74, 6) is 0. The van der Waals surface area contributed by atoms with Crippen molar-refractivity contribution in [1.82, 2.24) is 4.72 Å². The number of hydrogen-bond acceptors (Lipinski definition) is 4. The zero-order valence-corrected chi connectivity index (χ0v) is 12.3. The second kappa shape index (κ2) is 5.95. The Bertz CT molecular complexity index is 791. The number of hydrogen-bond donors (Lipinski definition) is 2. The molecule has 0 atom stereocenters. The van der Waals surface area contributed by atoms with E-state index in [2.05, 4.69) is 4.72 Å². The average molecular weight is 301 g/mol. The third kappa shape index (κ3) is 3.60. The number of aryl methyl sites for hydroxylation is 1. The molecule has 0 aromatic heterocycles. The van der Waals surface area contributed by atoms with E-state index in [1.807, 2.05) is 37.3 Å². The van der Waals surface area contributed by atoms with Crippen LogP contribution < -0.4 is 10.5 Å². The number of nitrogen functional groups attached to an aromatic ring is 1. The van der Waals surface area contributed by atoms with Crippen LogP contribution in [0.4, 0.5) is 5.69 Å². The Morgan fingerprint density at radius 2 is 1.86 bits per heavy atom. The van der Waals surface area contributed by atoms with Crippen LogP contribution in [0.5, 0.6) is 0 Å². The SMILES string of the molecule is Cc1ccc(CNS(=O)(=O)c2ccc(C#N)cc2N)cc1. The van der Waals surface area contributed by atoms with Crippen LogP contribution in [0.15, 0.2) is 47.4 Å². The monoisotopic (exact) mass is 301 g/mol. The molecule has 0 bridgehead atoms. The van der Waals surface area contributed by atoms with Gasteiger partial charge in [-0.15, -0.1) is 0 Å². The Kier molecular flexibility index (Phi) is 4.26. The predicted molar refractivity (Wildman–Crippen MR) is 80.8 cm³/mol. The summed E-state index contributed by atoms with van der Waals surface area (Å²) in [4.78, 5) is -0.0198. The number of nitriles is 1. The summed E-state index contributed by atoms with van der Waals surface area (Å²) in [6.45, 7) is 2.15. The maximum Gasteiger partial charge on any atom is 0.242 e. The number of sulfonamides is 1. The van der Waals surface area contributed by atoms with Gasteiger partial charge in [0.1, 0.15) is 4.90 Å². The zero-order valence-electron chi connectivity index (χ0n) is 11.5. The molecule has 0 radical (unpaired) electrons. The lowest BCUT2D eigenvalue weighted by Crippen LogP contribution is -2.24. The van der Waals surface area contributed by atoms with Gasteiger partial charge < -0.3 is 5.73 Å². The number of rotatable bonds is 4. The molecule has 0 aliphatic heterocycles. The molecule has 0 fully saturated rings. The summed E-state index contributed by atoms with van der Waals surface area (Å²) in [5, 5.41) is 8.76. The van der Waals surface area contributed by atoms with Crippen molar-refractivity contribution in [2.45, 2.75) is 18.4 Å². The van der Waals surface area contributed by atoms with Crippen LogP contribution in [0, 0.1) is 18.3 Å². The summed E-state index contributed by atoms with van der Waals surface area (Å²) in [7, 11) is -3.71. The van der Waals surface area contributed by atoms with Gasteiger partial charge >= 0.3 is 0 Å². The van der Waals surface area contributed by atoms with Crippen LogP contribution in [0.1, 0.15) is 16.7 Å². The maximum absolute atomic E-state index is 12.2. The fourth-order valence-corrected chi connectivity index (χ4v) is 2.95. The van der Waals surface area contributed by atoms with E-state index < -0.39 is 10.0 Å². The van der Waals surface area contributed by atoms with E-state index in [1.165, 1.54) is 18.2 Å². The summed E-state index contributed by atoms with van der Waals surface area (Å²) >= 11 is 0. The Labute approximate surface area is 124 Å². The molecule has 0 saturated carbocycles. The molecule has 108 valence electrons. The quantitative estimate of drug-likeness (QED) is 0.843. The molecule has 2 rings (SSSR count). The molecule has 6 heteroatoms. The number of anilines is 1. The Hall–Kier alpha value is -2.36. The van der Waals surface area contributed by atoms with Crippen LogP contribution in [-0.4, -0.2) is 8.42 Å². The summed E-state index contributed by atoms with van der Waals surface area (Å²) in [6, 6.07) is 13.6. The van der Waals surface area contributed by atoms with Gasteiger partial charge in [-0.2, -0.15) is 5.26 Å². The normalized spacial score (nSPS) is 11.0. The Morgan fingerprint density at radius 3 is 2.43 bits per heavy atom. The second-order valence-electron chi connectivity index (χ2n) is 4.67. The van der Waals surface area contributed by atoms with E-state index in [9.17, 15) is 8.42 Å². The molecule has 0 amide bonds. The van der Waals surface area contributed by atoms with Crippen LogP contribution in [0.25, 0.3) is 0 Å². The third-order valence-corrected chi connectivity index (χ3v) is 4.49. The lowest BCUT2D eigenvalue weighted by molar-refractivity contribution is 0.581. The van der Waals surface area contributed by atoms with Gasteiger partial charge in [-0.25, -0.2) is 13.1 Å². The maximum atomic E-state index is 12.2. The van der Waals surface area contributed by atoms with Crippen molar-refractivity contribution in [1.29, 1.82) is 5.26 Å². The van der Waals surface area contributed by atoms with Gasteiger partial charge in [-0.1, -0.05) is 29.8 Å². The van der Waals surface area contributed by atoms with Gasteiger partial charge in [0.25, 0.3) is 0 Å². The molecule has 0 spiro atoms. The van der Waals surface area contributed by atoms with E-state index in [-0.39, 0.29) is 17.1 Å². The van der Waals surface area contributed by atoms with E-state index in [0.29, 0.717) is 5.56 Å². The first-order valence-electron chi connectivity index (χ1n) is 6.27. The first-order valence-corrected chi connectivity index (χ1v) is 7.75. The van der Waals surface area contributed by atoms with E-state index in [0.717, 1.165) is 11.1 Å². The fourth-order valence-electron chi connectivity index (χ4n) is 1.82. The van der Waals surface area contributed by atoms with Crippen molar-refractivity contribution in [2.24, 2.45) is 0 Å². The second-order valence-corrected chi connectivity index (χ2v) is 6.41. The van der Waals surface area contributed by atoms with E-state index >= 15 is 0 Å². The molecule has 3 N–H and O–H groups in total. The smallest absolute Gasteiger partial charge is 0.242 e. The van der Waals surface area contributed by atoms with Gasteiger partial charge in [-0.3, -0.25) is 0 Å². The number of nitrogens with zero attached hydrogens (tertiary/aromatic N) is 1. The fraction of sp³-hybridized carbons (Fsp3) is 0.133. The van der Waals surface area contributed by atoms with Crippen LogP contribution in [0.2, 0.25) is 0 Å². The largest absolute Gasteiger partial charge is 0.398 e. The topological polar surface area (TPSA) is 96.0 Å². The highest BCUT2D eigenvalue weighted by Crippen LogP contribution is 2.19. The highest BCUT2D eigenvalue weighted by Gasteiger charge is 2.17. The van der Waals surface area contributed by atoms with Crippen LogP contribution in [-0.2, 0) is 16.6 Å². The van der Waals surface area contributed by atoms with Gasteiger partial charge in [0.2, 0.25) is 10.0 Å². The lowest BCUT2D eigenvalue weighted by Gasteiger charge is -2.09. The van der Waals surface area contributed by atoms with Crippen molar-refractivity contribution >= 4 is 15.7 Å². The number of benzene rings is 2. The molecule has 0 aliphatic carbocycles. The molecular formula is C15H15N3O2S. The number of nitrogens with one attached hydrogen (secondary N) is 1. The molecule has 2 aromatic carbocycles. The molecule has 2 aromatic rings. The summed E-state index contributed by atoms with van der Waals surface area (Å²) in [5.41, 5.74) is 8.05. The zero-order chi connectivity index (χ0) is 15.5. The van der Waals surface area contributed by atoms with Crippen molar-refractivity contribution in [2.75, 3.05) is 5.73 Å². The Morgan fingerprint density at radius 1 is 1.19 bits per heavy atom. The molecule has 0 unspecified atom stereocenters. The molecule has 0 heterocycles. The summed E-state index contributed by atoms with van der Waals surface area (Å²) < 4.78 is 26.9. The predicted octanol–water partition coefficient (Wildman–Crippen LogP) is 1.93. The third-order valence-electron chi connectivity index (χ3n) is 3.02. The first-order chi connectivity index (χ1) is 9.92. The van der Waals surface area contributed by atoms with Crippen LogP contribution >= 0.6 is 0 Å². The van der Waals surface area contributed by atoms with Gasteiger partial charge in [0.05, 0.1) is 17.3 Å². The van der Waals surface area contributed by atoms with Crippen molar-refractivity contribution in [3.05, 3.63) is 59.2 Å². The highest BCUT2D eigenvalue weighted by molar-refractivity contribution is 7.89. The minimum absolute atomic E-state index is 0.0198. The van der Waals surface area contributed by atoms with E-state index in [4.69, 9.17) is 11.0 Å². The van der Waals surface area contributed by atoms with Crippen molar-refractivity contribution in [3.63, 3.8) is 0 Å². The van der Waals surface area contributed by atoms with E-state index in [1.54, 1.807) is 0 Å². The van der Waals surface area contributed by atoms with Crippen molar-refractivity contribution < 1.29 is 8.42 Å². The molecule has 21 heavy (non-hydrogen) atoms. The van der Waals surface area contributed by atoms with Gasteiger partial charge in [-0.05, 0) is 30.7 Å². The molecule has 5 nitrogen and oxygen atoms in total. The molecular weight excluding hydrogens is 286 g/mol. The summed E-state index contributed by atoms with van der Waals surface area (Å²) in [6.07, 6.45) is 0. The van der Waals surface area contributed by atoms with Gasteiger partial charge in [0.15, 0.2) is 0 Å². The molecule has 0 saturated heterocycles. The lowest BCUT2D eigenvalue weighted by atomic mass is 10.2. The van der Waals surface area contributed by atoms with Crippen molar-refractivity contribution in [3.8, 4) is 6.07 Å². The molecule has 0 aliphatic rings. The van der Waals surface area contributed by atoms with Crippen LogP contribution in [0.3, 0.4) is 0 Å². The highest BCUT2D eigenvalue weighted by atomic mass is 32.2. The first kappa shape index (κ1) is 15.0. The standard InChI is InChI=1S/C15H15N3O2S/c1-11-2-4-12(5-3-11)10-18-21(19,20)15-7-6-13(9-16)8-14(15)17/h2-8,18H,10,17H2,1H3. The number of nitrogens with two attached hydrogens (primary N) is 1. The minimum Gasteiger partial charge on any atom is -0.398 e. The van der Waals surface area contributed by atoms with Gasteiger partial charge in [0, 0.05) is 6.54 Å². The minimum atomic E-state index is -3.71. The average Bonchev–Trinajstić information content (AvgIpc) is 2.46. The Balaban J connectivity index is 2.19.